The van der Waals surface area contributed by atoms with Crippen LogP contribution in [-0.4, -0.2) is 74.1 Å². The zero-order chi connectivity index (χ0) is 28.5. The van der Waals surface area contributed by atoms with E-state index in [0.29, 0.717) is 18.7 Å². The SMILES string of the molecule is Cn1cc(-c2cnc3[nH]nc(N[C@@H]4CCN(C(=O)c5ccc(-c6ccc(OC7CCNCC7)cc6)cc5)C4)c3c2)cn1. The molecule has 2 aliphatic rings. The van der Waals surface area contributed by atoms with E-state index in [1.807, 2.05) is 66.9 Å². The van der Waals surface area contributed by atoms with Gasteiger partial charge in [-0.15, -0.1) is 0 Å². The Morgan fingerprint density at radius 2 is 1.71 bits per heavy atom. The summed E-state index contributed by atoms with van der Waals surface area (Å²) in [6.07, 6.45) is 8.81. The number of aromatic nitrogens is 5. The first kappa shape index (κ1) is 26.2. The molecule has 0 saturated carbocycles. The fourth-order valence-corrected chi connectivity index (χ4v) is 5.82. The normalized spacial score (nSPS) is 17.5. The van der Waals surface area contributed by atoms with Crippen LogP contribution in [0.15, 0.2) is 73.2 Å². The molecule has 1 amide bonds. The van der Waals surface area contributed by atoms with E-state index in [0.717, 1.165) is 77.2 Å². The van der Waals surface area contributed by atoms with Crippen LogP contribution in [0.1, 0.15) is 29.6 Å². The van der Waals surface area contributed by atoms with Gasteiger partial charge in [0.2, 0.25) is 0 Å². The first-order valence-corrected chi connectivity index (χ1v) is 14.6. The second-order valence-electron chi connectivity index (χ2n) is 11.1. The summed E-state index contributed by atoms with van der Waals surface area (Å²) in [5.41, 5.74) is 5.57. The number of piperidine rings is 1. The fourth-order valence-electron chi connectivity index (χ4n) is 5.82. The van der Waals surface area contributed by atoms with E-state index in [1.54, 1.807) is 4.68 Å². The smallest absolute Gasteiger partial charge is 0.253 e. The summed E-state index contributed by atoms with van der Waals surface area (Å²) in [5, 5.41) is 19.6. The molecule has 2 fully saturated rings. The number of aryl methyl sites for hydroxylation is 1. The van der Waals surface area contributed by atoms with Gasteiger partial charge in [-0.3, -0.25) is 14.6 Å². The molecule has 214 valence electrons. The number of H-pyrrole nitrogens is 1. The quantitative estimate of drug-likeness (QED) is 0.268. The Labute approximate surface area is 244 Å². The molecule has 0 radical (unpaired) electrons. The van der Waals surface area contributed by atoms with Gasteiger partial charge in [0, 0.05) is 55.3 Å². The van der Waals surface area contributed by atoms with Gasteiger partial charge in [-0.1, -0.05) is 24.3 Å². The van der Waals surface area contributed by atoms with E-state index < -0.39 is 0 Å². The predicted octanol–water partition coefficient (Wildman–Crippen LogP) is 4.48. The van der Waals surface area contributed by atoms with Crippen molar-refractivity contribution in [2.24, 2.45) is 7.05 Å². The Bertz CT molecular complexity index is 1690. The maximum Gasteiger partial charge on any atom is 0.253 e. The molecule has 0 aliphatic carbocycles. The lowest BCUT2D eigenvalue weighted by atomic mass is 10.0. The summed E-state index contributed by atoms with van der Waals surface area (Å²) in [7, 11) is 1.90. The summed E-state index contributed by atoms with van der Waals surface area (Å²) < 4.78 is 7.91. The van der Waals surface area contributed by atoms with Crippen molar-refractivity contribution in [1.82, 2.24) is 35.2 Å². The number of nitrogens with zero attached hydrogens (tertiary/aromatic N) is 5. The zero-order valence-corrected chi connectivity index (χ0v) is 23.6. The van der Waals surface area contributed by atoms with Crippen molar-refractivity contribution in [2.45, 2.75) is 31.4 Å². The third-order valence-electron chi connectivity index (χ3n) is 8.18. The summed E-state index contributed by atoms with van der Waals surface area (Å²) in [6.45, 7) is 3.33. The van der Waals surface area contributed by atoms with Crippen LogP contribution < -0.4 is 15.4 Å². The molecule has 5 aromatic rings. The highest BCUT2D eigenvalue weighted by atomic mass is 16.5. The largest absolute Gasteiger partial charge is 0.490 e. The molecule has 2 saturated heterocycles. The average Bonchev–Trinajstić information content (AvgIpc) is 3.78. The number of carbonyl (C=O) groups excluding carboxylic acids is 1. The number of aromatic amines is 1. The monoisotopic (exact) mass is 562 g/mol. The number of fused-ring (bicyclic) bond motifs is 1. The number of hydrogen-bond acceptors (Lipinski definition) is 7. The maximum atomic E-state index is 13.3. The Kier molecular flexibility index (Phi) is 7.05. The van der Waals surface area contributed by atoms with E-state index in [-0.39, 0.29) is 18.1 Å². The van der Waals surface area contributed by atoms with E-state index >= 15 is 0 Å². The molecule has 2 aromatic carbocycles. The van der Waals surface area contributed by atoms with Crippen LogP contribution in [0.25, 0.3) is 33.3 Å². The number of benzene rings is 2. The van der Waals surface area contributed by atoms with Gasteiger partial charge >= 0.3 is 0 Å². The number of hydrogen-bond donors (Lipinski definition) is 3. The van der Waals surface area contributed by atoms with Crippen LogP contribution in [0.5, 0.6) is 5.75 Å². The van der Waals surface area contributed by atoms with Crippen LogP contribution in [0.4, 0.5) is 5.82 Å². The third kappa shape index (κ3) is 5.45. The highest BCUT2D eigenvalue weighted by Crippen LogP contribution is 2.28. The molecule has 7 rings (SSSR count). The van der Waals surface area contributed by atoms with Gasteiger partial charge in [0.15, 0.2) is 11.5 Å². The molecular weight excluding hydrogens is 528 g/mol. The minimum Gasteiger partial charge on any atom is -0.490 e. The van der Waals surface area contributed by atoms with Crippen molar-refractivity contribution in [3.05, 3.63) is 78.8 Å². The average molecular weight is 563 g/mol. The highest BCUT2D eigenvalue weighted by Gasteiger charge is 2.28. The van der Waals surface area contributed by atoms with E-state index in [2.05, 4.69) is 49.1 Å². The first-order chi connectivity index (χ1) is 20.6. The van der Waals surface area contributed by atoms with Crippen LogP contribution in [0.2, 0.25) is 0 Å². The van der Waals surface area contributed by atoms with E-state index in [4.69, 9.17) is 4.74 Å². The van der Waals surface area contributed by atoms with Crippen molar-refractivity contribution < 1.29 is 9.53 Å². The molecule has 3 aromatic heterocycles. The second-order valence-corrected chi connectivity index (χ2v) is 11.1. The molecule has 1 atom stereocenters. The molecule has 0 spiro atoms. The third-order valence-corrected chi connectivity index (χ3v) is 8.18. The fraction of sp³-hybridized carbons (Fsp3) is 0.312. The molecule has 3 N–H and O–H groups in total. The van der Waals surface area contributed by atoms with Gasteiger partial charge in [0.05, 0.1) is 11.6 Å². The van der Waals surface area contributed by atoms with Crippen LogP contribution in [0.3, 0.4) is 0 Å². The highest BCUT2D eigenvalue weighted by molar-refractivity contribution is 5.95. The number of ether oxygens (including phenoxy) is 1. The molecule has 0 unspecified atom stereocenters. The molecule has 10 nitrogen and oxygen atoms in total. The van der Waals surface area contributed by atoms with Crippen molar-refractivity contribution in [1.29, 1.82) is 0 Å². The number of nitrogens with one attached hydrogen (secondary N) is 3. The Hall–Kier alpha value is -4.70. The lowest BCUT2D eigenvalue weighted by Crippen LogP contribution is -2.34. The molecular formula is C32H34N8O2. The van der Waals surface area contributed by atoms with E-state index in [1.165, 1.54) is 0 Å². The first-order valence-electron chi connectivity index (χ1n) is 14.6. The van der Waals surface area contributed by atoms with Crippen molar-refractivity contribution in [3.63, 3.8) is 0 Å². The minimum atomic E-state index is 0.0454. The maximum absolute atomic E-state index is 13.3. The number of carbonyl (C=O) groups is 1. The van der Waals surface area contributed by atoms with Crippen LogP contribution in [-0.2, 0) is 7.05 Å². The van der Waals surface area contributed by atoms with Crippen LogP contribution >= 0.6 is 0 Å². The summed E-state index contributed by atoms with van der Waals surface area (Å²) in [6, 6.07) is 18.3. The van der Waals surface area contributed by atoms with E-state index in [9.17, 15) is 4.79 Å². The van der Waals surface area contributed by atoms with Crippen LogP contribution in [0, 0.1) is 0 Å². The van der Waals surface area contributed by atoms with Crippen molar-refractivity contribution in [2.75, 3.05) is 31.5 Å². The molecule has 42 heavy (non-hydrogen) atoms. The number of pyridine rings is 1. The molecule has 0 bridgehead atoms. The number of rotatable bonds is 7. The zero-order valence-electron chi connectivity index (χ0n) is 23.6. The van der Waals surface area contributed by atoms with Gasteiger partial charge in [-0.25, -0.2) is 4.98 Å². The van der Waals surface area contributed by atoms with Gasteiger partial charge in [-0.2, -0.15) is 10.2 Å². The summed E-state index contributed by atoms with van der Waals surface area (Å²) in [4.78, 5) is 19.8. The number of anilines is 1. The molecule has 10 heteroatoms. The van der Waals surface area contributed by atoms with Gasteiger partial charge in [0.25, 0.3) is 5.91 Å². The number of likely N-dealkylation sites (tertiary alicyclic amines) is 1. The summed E-state index contributed by atoms with van der Waals surface area (Å²) >= 11 is 0. The standard InChI is InChI=1S/C32H34N8O2/c1-39-19-25(18-35-39)24-16-29-30(34-17-24)37-38-31(29)36-26-12-15-40(20-26)32(41)23-4-2-21(3-5-23)22-6-8-27(9-7-22)42-28-10-13-33-14-11-28/h2-9,16-19,26,28,33H,10-15,20H2,1H3,(H2,34,36,37,38)/t26-/m1/s1. The second kappa shape index (κ2) is 11.3. The molecule has 2 aliphatic heterocycles. The number of amides is 1. The lowest BCUT2D eigenvalue weighted by Gasteiger charge is -2.23. The van der Waals surface area contributed by atoms with Gasteiger partial charge in [-0.05, 0) is 73.8 Å². The topological polar surface area (TPSA) is 113 Å². The lowest BCUT2D eigenvalue weighted by molar-refractivity contribution is 0.0791. The molecule has 5 heterocycles. The van der Waals surface area contributed by atoms with Crippen molar-refractivity contribution >= 4 is 22.8 Å². The predicted molar refractivity (Wildman–Crippen MR) is 162 cm³/mol. The van der Waals surface area contributed by atoms with Gasteiger partial charge < -0.3 is 20.3 Å². The minimum absolute atomic E-state index is 0.0454. The van der Waals surface area contributed by atoms with Crippen molar-refractivity contribution in [3.8, 4) is 28.0 Å². The Morgan fingerprint density at radius 1 is 0.952 bits per heavy atom. The summed E-state index contributed by atoms with van der Waals surface area (Å²) in [5.74, 6) is 1.70. The Morgan fingerprint density at radius 3 is 2.45 bits per heavy atom. The Balaban J connectivity index is 0.975. The van der Waals surface area contributed by atoms with Gasteiger partial charge in [0.1, 0.15) is 11.9 Å².